The largest absolute Gasteiger partial charge is 0.269 e. The van der Waals surface area contributed by atoms with Crippen LogP contribution in [0.2, 0.25) is 0 Å². The van der Waals surface area contributed by atoms with E-state index in [0.717, 1.165) is 17.7 Å². The van der Waals surface area contributed by atoms with Gasteiger partial charge in [-0.25, -0.2) is 13.1 Å². The molecule has 0 aliphatic carbocycles. The van der Waals surface area contributed by atoms with Crippen molar-refractivity contribution in [3.05, 3.63) is 64.5 Å². The Bertz CT molecular complexity index is 730. The van der Waals surface area contributed by atoms with Crippen LogP contribution in [-0.2, 0) is 10.0 Å². The van der Waals surface area contributed by atoms with Crippen LogP contribution in [0.5, 0.6) is 0 Å². The van der Waals surface area contributed by atoms with Gasteiger partial charge in [0.1, 0.15) is 0 Å². The van der Waals surface area contributed by atoms with Gasteiger partial charge in [0.2, 0.25) is 10.0 Å². The van der Waals surface area contributed by atoms with Gasteiger partial charge in [-0.05, 0) is 36.8 Å². The molecule has 0 saturated heterocycles. The van der Waals surface area contributed by atoms with E-state index in [9.17, 15) is 18.5 Å². The zero-order valence-electron chi connectivity index (χ0n) is 11.1. The number of nitrogens with one attached hydrogen (secondary N) is 1. The summed E-state index contributed by atoms with van der Waals surface area (Å²) < 4.78 is 26.9. The Labute approximate surface area is 121 Å². The Morgan fingerprint density at radius 3 is 2.24 bits per heavy atom. The van der Waals surface area contributed by atoms with Crippen LogP contribution in [0.15, 0.2) is 53.7 Å². The molecule has 2 aromatic rings. The second-order valence-electron chi connectivity index (χ2n) is 4.37. The lowest BCUT2D eigenvalue weighted by molar-refractivity contribution is -0.384. The minimum atomic E-state index is -3.74. The van der Waals surface area contributed by atoms with E-state index >= 15 is 0 Å². The molecule has 0 radical (unpaired) electrons. The van der Waals surface area contributed by atoms with Crippen LogP contribution in [0.3, 0.4) is 0 Å². The molecule has 0 amide bonds. The average Bonchev–Trinajstić information content (AvgIpc) is 2.48. The Morgan fingerprint density at radius 2 is 1.71 bits per heavy atom. The Morgan fingerprint density at radius 1 is 1.14 bits per heavy atom. The van der Waals surface area contributed by atoms with Crippen molar-refractivity contribution in [2.75, 3.05) is 0 Å². The van der Waals surface area contributed by atoms with Crippen LogP contribution >= 0.6 is 0 Å². The summed E-state index contributed by atoms with van der Waals surface area (Å²) in [5, 5.41) is 10.6. The van der Waals surface area contributed by atoms with E-state index in [4.69, 9.17) is 0 Å². The fourth-order valence-corrected chi connectivity index (χ4v) is 3.00. The van der Waals surface area contributed by atoms with Crippen LogP contribution in [-0.4, -0.2) is 18.3 Å². The molecule has 110 valence electrons. The molecule has 0 aliphatic heterocycles. The SMILES string of the molecule is C[C@H](NS(=O)(=O)c1ccc([N+](=O)[O-])cc1)c1ccncc1. The van der Waals surface area contributed by atoms with Gasteiger partial charge < -0.3 is 0 Å². The zero-order chi connectivity index (χ0) is 15.5. The van der Waals surface area contributed by atoms with Crippen molar-refractivity contribution in [1.29, 1.82) is 0 Å². The average molecular weight is 307 g/mol. The summed E-state index contributed by atoms with van der Waals surface area (Å²) >= 11 is 0. The molecule has 0 unspecified atom stereocenters. The number of non-ortho nitro benzene ring substituents is 1. The topological polar surface area (TPSA) is 102 Å². The van der Waals surface area contributed by atoms with Gasteiger partial charge in [-0.2, -0.15) is 0 Å². The van der Waals surface area contributed by atoms with E-state index in [1.165, 1.54) is 12.1 Å². The molecule has 1 heterocycles. The van der Waals surface area contributed by atoms with Crippen molar-refractivity contribution in [2.24, 2.45) is 0 Å². The van der Waals surface area contributed by atoms with Gasteiger partial charge in [-0.1, -0.05) is 0 Å². The predicted molar refractivity (Wildman–Crippen MR) is 76.1 cm³/mol. The zero-order valence-corrected chi connectivity index (χ0v) is 11.9. The minimum Gasteiger partial charge on any atom is -0.265 e. The van der Waals surface area contributed by atoms with Gasteiger partial charge in [0.05, 0.1) is 9.82 Å². The molecule has 2 rings (SSSR count). The van der Waals surface area contributed by atoms with Crippen molar-refractivity contribution in [3.8, 4) is 0 Å². The normalized spacial score (nSPS) is 12.8. The summed E-state index contributed by atoms with van der Waals surface area (Å²) in [7, 11) is -3.74. The first-order valence-electron chi connectivity index (χ1n) is 6.07. The van der Waals surface area contributed by atoms with Crippen LogP contribution in [0, 0.1) is 10.1 Å². The number of aromatic nitrogens is 1. The minimum absolute atomic E-state index is 0.0194. The molecule has 0 aliphatic rings. The van der Waals surface area contributed by atoms with Crippen molar-refractivity contribution < 1.29 is 13.3 Å². The molecular weight excluding hydrogens is 294 g/mol. The molecular formula is C13H13N3O4S. The molecule has 1 aromatic carbocycles. The molecule has 1 atom stereocenters. The van der Waals surface area contributed by atoms with Crippen molar-refractivity contribution in [2.45, 2.75) is 17.9 Å². The van der Waals surface area contributed by atoms with Crippen LogP contribution in [0.4, 0.5) is 5.69 Å². The summed E-state index contributed by atoms with van der Waals surface area (Å²) in [4.78, 5) is 13.8. The third-order valence-electron chi connectivity index (χ3n) is 2.90. The lowest BCUT2D eigenvalue weighted by atomic mass is 10.1. The fraction of sp³-hybridized carbons (Fsp3) is 0.154. The quantitative estimate of drug-likeness (QED) is 0.672. The fourth-order valence-electron chi connectivity index (χ4n) is 1.77. The number of hydrogen-bond acceptors (Lipinski definition) is 5. The highest BCUT2D eigenvalue weighted by atomic mass is 32.2. The molecule has 1 N–H and O–H groups in total. The number of sulfonamides is 1. The Hall–Kier alpha value is -2.32. The van der Waals surface area contributed by atoms with Crippen LogP contribution < -0.4 is 4.72 Å². The molecule has 0 bridgehead atoms. The van der Waals surface area contributed by atoms with Gasteiger partial charge >= 0.3 is 0 Å². The first kappa shape index (κ1) is 15.1. The summed E-state index contributed by atoms with van der Waals surface area (Å²) in [6.07, 6.45) is 3.15. The number of nitrogens with zero attached hydrogens (tertiary/aromatic N) is 2. The van der Waals surface area contributed by atoms with E-state index < -0.39 is 21.0 Å². The van der Waals surface area contributed by atoms with Gasteiger partial charge in [0, 0.05) is 30.6 Å². The van der Waals surface area contributed by atoms with Gasteiger partial charge in [-0.3, -0.25) is 15.1 Å². The summed E-state index contributed by atoms with van der Waals surface area (Å²) in [5.74, 6) is 0. The van der Waals surface area contributed by atoms with E-state index in [0.29, 0.717) is 0 Å². The Kier molecular flexibility index (Phi) is 4.29. The Balaban J connectivity index is 2.20. The van der Waals surface area contributed by atoms with Crippen molar-refractivity contribution >= 4 is 15.7 Å². The standard InChI is InChI=1S/C13H13N3O4S/c1-10(11-6-8-14-9-7-11)15-21(19,20)13-4-2-12(3-5-13)16(17)18/h2-10,15H,1H3/t10-/m0/s1. The highest BCUT2D eigenvalue weighted by Gasteiger charge is 2.19. The molecule has 0 saturated carbocycles. The van der Waals surface area contributed by atoms with Crippen LogP contribution in [0.25, 0.3) is 0 Å². The third kappa shape index (κ3) is 3.61. The highest BCUT2D eigenvalue weighted by Crippen LogP contribution is 2.19. The van der Waals surface area contributed by atoms with Gasteiger partial charge in [0.25, 0.3) is 5.69 Å². The maximum atomic E-state index is 12.2. The first-order chi connectivity index (χ1) is 9.90. The lowest BCUT2D eigenvalue weighted by Gasteiger charge is -2.14. The number of rotatable bonds is 5. The number of nitro benzene ring substituents is 1. The van der Waals surface area contributed by atoms with Gasteiger partial charge in [0.15, 0.2) is 0 Å². The molecule has 8 heteroatoms. The van der Waals surface area contributed by atoms with Crippen molar-refractivity contribution in [1.82, 2.24) is 9.71 Å². The molecule has 1 aromatic heterocycles. The van der Waals surface area contributed by atoms with E-state index in [-0.39, 0.29) is 10.6 Å². The number of pyridine rings is 1. The number of nitro groups is 1. The monoisotopic (exact) mass is 307 g/mol. The second kappa shape index (κ2) is 5.98. The summed E-state index contributed by atoms with van der Waals surface area (Å²) in [5.41, 5.74) is 0.617. The smallest absolute Gasteiger partial charge is 0.265 e. The number of hydrogen-bond donors (Lipinski definition) is 1. The maximum Gasteiger partial charge on any atom is 0.269 e. The van der Waals surface area contributed by atoms with Gasteiger partial charge in [-0.15, -0.1) is 0 Å². The first-order valence-corrected chi connectivity index (χ1v) is 7.55. The van der Waals surface area contributed by atoms with E-state index in [1.54, 1.807) is 31.5 Å². The van der Waals surface area contributed by atoms with Crippen molar-refractivity contribution in [3.63, 3.8) is 0 Å². The molecule has 7 nitrogen and oxygen atoms in total. The van der Waals surface area contributed by atoms with Crippen LogP contribution in [0.1, 0.15) is 18.5 Å². The molecule has 0 fully saturated rings. The summed E-state index contributed by atoms with van der Waals surface area (Å²) in [6, 6.07) is 7.72. The molecule has 21 heavy (non-hydrogen) atoms. The lowest BCUT2D eigenvalue weighted by Crippen LogP contribution is -2.26. The number of benzene rings is 1. The second-order valence-corrected chi connectivity index (χ2v) is 6.09. The predicted octanol–water partition coefficient (Wildman–Crippen LogP) is 2.03. The third-order valence-corrected chi connectivity index (χ3v) is 4.45. The molecule has 0 spiro atoms. The summed E-state index contributed by atoms with van der Waals surface area (Å²) in [6.45, 7) is 1.71. The van der Waals surface area contributed by atoms with E-state index in [1.807, 2.05) is 0 Å². The highest BCUT2D eigenvalue weighted by molar-refractivity contribution is 7.89. The van der Waals surface area contributed by atoms with E-state index in [2.05, 4.69) is 9.71 Å². The maximum absolute atomic E-state index is 12.2.